The smallest absolute Gasteiger partial charge is 0.292 e. The van der Waals surface area contributed by atoms with Crippen LogP contribution in [0.25, 0.3) is 0 Å². The molecule has 4 rings (SSSR count). The molecule has 0 spiro atoms. The fourth-order valence-electron chi connectivity index (χ4n) is 4.40. The number of carbonyl (C=O) groups excluding carboxylic acids is 2. The van der Waals surface area contributed by atoms with Gasteiger partial charge in [-0.15, -0.1) is 0 Å². The Labute approximate surface area is 166 Å². The molecule has 28 heavy (non-hydrogen) atoms. The Balaban J connectivity index is 1.31. The standard InChI is InChI=1S/C23H27N3O2/c1-17-7-9-20(10-8-17)26-22(27)15-21(23(26)28)24-19-11-13-25(14-12-19)16-18-5-3-2-4-6-18/h2-10,19,21,24H,11-16H2,1H3/p+2/t21-/m0/s1. The Morgan fingerprint density at radius 1 is 1.00 bits per heavy atom. The molecule has 5 nitrogen and oxygen atoms in total. The van der Waals surface area contributed by atoms with E-state index in [1.807, 2.05) is 31.2 Å². The van der Waals surface area contributed by atoms with E-state index < -0.39 is 0 Å². The second kappa shape index (κ2) is 8.25. The van der Waals surface area contributed by atoms with Gasteiger partial charge in [-0.25, -0.2) is 4.90 Å². The second-order valence-corrected chi connectivity index (χ2v) is 8.16. The Morgan fingerprint density at radius 3 is 2.36 bits per heavy atom. The van der Waals surface area contributed by atoms with Gasteiger partial charge in [0.1, 0.15) is 6.54 Å². The summed E-state index contributed by atoms with van der Waals surface area (Å²) < 4.78 is 0. The van der Waals surface area contributed by atoms with Gasteiger partial charge in [-0.2, -0.15) is 0 Å². The Kier molecular flexibility index (Phi) is 5.55. The zero-order valence-electron chi connectivity index (χ0n) is 16.4. The fourth-order valence-corrected chi connectivity index (χ4v) is 4.40. The van der Waals surface area contributed by atoms with E-state index >= 15 is 0 Å². The molecular formula is C23H29N3O2+2. The van der Waals surface area contributed by atoms with Crippen LogP contribution in [-0.4, -0.2) is 37.0 Å². The van der Waals surface area contributed by atoms with Gasteiger partial charge in [0, 0.05) is 18.4 Å². The highest BCUT2D eigenvalue weighted by Gasteiger charge is 2.43. The van der Waals surface area contributed by atoms with Crippen molar-refractivity contribution in [1.82, 2.24) is 0 Å². The molecule has 0 aromatic heterocycles. The first kappa shape index (κ1) is 18.8. The van der Waals surface area contributed by atoms with Crippen LogP contribution < -0.4 is 15.1 Å². The van der Waals surface area contributed by atoms with E-state index in [2.05, 4.69) is 35.6 Å². The van der Waals surface area contributed by atoms with Crippen molar-refractivity contribution in [2.24, 2.45) is 0 Å². The van der Waals surface area contributed by atoms with Crippen molar-refractivity contribution in [3.8, 4) is 0 Å². The normalized spacial score (nSPS) is 25.3. The number of likely N-dealkylation sites (tertiary alicyclic amines) is 1. The highest BCUT2D eigenvalue weighted by molar-refractivity contribution is 6.21. The highest BCUT2D eigenvalue weighted by atomic mass is 16.2. The highest BCUT2D eigenvalue weighted by Crippen LogP contribution is 2.22. The van der Waals surface area contributed by atoms with Gasteiger partial charge in [-0.05, 0) is 19.1 Å². The monoisotopic (exact) mass is 379 g/mol. The van der Waals surface area contributed by atoms with E-state index in [9.17, 15) is 9.59 Å². The van der Waals surface area contributed by atoms with Crippen molar-refractivity contribution in [3.63, 3.8) is 0 Å². The van der Waals surface area contributed by atoms with Gasteiger partial charge in [0.05, 0.1) is 31.2 Å². The van der Waals surface area contributed by atoms with Crippen molar-refractivity contribution in [3.05, 3.63) is 65.7 Å². The first-order chi connectivity index (χ1) is 13.6. The number of amides is 2. The van der Waals surface area contributed by atoms with Crippen molar-refractivity contribution in [1.29, 1.82) is 0 Å². The summed E-state index contributed by atoms with van der Waals surface area (Å²) in [6, 6.07) is 18.4. The number of hydrogen-bond donors (Lipinski definition) is 2. The number of nitrogens with zero attached hydrogens (tertiary/aromatic N) is 1. The van der Waals surface area contributed by atoms with E-state index in [1.165, 1.54) is 10.5 Å². The minimum absolute atomic E-state index is 0.0621. The second-order valence-electron chi connectivity index (χ2n) is 8.16. The SMILES string of the molecule is Cc1ccc(N2C(=O)C[C@H]([NH2+]C3CC[NH+](Cc4ccccc4)CC3)C2=O)cc1. The first-order valence-electron chi connectivity index (χ1n) is 10.3. The van der Waals surface area contributed by atoms with E-state index in [0.717, 1.165) is 38.0 Å². The molecule has 2 fully saturated rings. The van der Waals surface area contributed by atoms with Crippen LogP contribution in [0.4, 0.5) is 5.69 Å². The maximum absolute atomic E-state index is 12.8. The minimum atomic E-state index is -0.269. The number of aryl methyl sites for hydroxylation is 1. The third-order valence-corrected chi connectivity index (χ3v) is 6.01. The van der Waals surface area contributed by atoms with Gasteiger partial charge in [0.2, 0.25) is 5.91 Å². The predicted octanol–water partition coefficient (Wildman–Crippen LogP) is 0.438. The molecule has 2 aromatic carbocycles. The van der Waals surface area contributed by atoms with Crippen molar-refractivity contribution < 1.29 is 19.8 Å². The van der Waals surface area contributed by atoms with Crippen molar-refractivity contribution in [2.75, 3.05) is 18.0 Å². The molecule has 2 aliphatic rings. The summed E-state index contributed by atoms with van der Waals surface area (Å²) in [5.74, 6) is -0.143. The van der Waals surface area contributed by atoms with Gasteiger partial charge < -0.3 is 10.2 Å². The molecule has 2 aromatic rings. The number of piperidine rings is 1. The first-order valence-corrected chi connectivity index (χ1v) is 10.3. The zero-order chi connectivity index (χ0) is 19.5. The number of nitrogens with one attached hydrogen (secondary N) is 1. The lowest BCUT2D eigenvalue weighted by atomic mass is 10.0. The molecule has 3 N–H and O–H groups in total. The predicted molar refractivity (Wildman–Crippen MR) is 108 cm³/mol. The van der Waals surface area contributed by atoms with Gasteiger partial charge in [-0.1, -0.05) is 48.0 Å². The molecule has 2 heterocycles. The summed E-state index contributed by atoms with van der Waals surface area (Å²) in [6.07, 6.45) is 2.49. The van der Waals surface area contributed by atoms with Crippen LogP contribution in [-0.2, 0) is 16.1 Å². The lowest BCUT2D eigenvalue weighted by Gasteiger charge is -2.29. The fraction of sp³-hybridized carbons (Fsp3) is 0.391. The van der Waals surface area contributed by atoms with Crippen molar-refractivity contribution in [2.45, 2.75) is 44.8 Å². The number of quaternary nitrogens is 2. The van der Waals surface area contributed by atoms with Gasteiger partial charge in [0.15, 0.2) is 6.04 Å². The number of nitrogens with two attached hydrogens (primary N) is 1. The molecule has 146 valence electrons. The molecule has 0 radical (unpaired) electrons. The van der Waals surface area contributed by atoms with E-state index in [4.69, 9.17) is 0 Å². The molecule has 2 amide bonds. The lowest BCUT2D eigenvalue weighted by Crippen LogP contribution is -3.14. The van der Waals surface area contributed by atoms with Crippen LogP contribution in [0.2, 0.25) is 0 Å². The van der Waals surface area contributed by atoms with Crippen LogP contribution in [0.3, 0.4) is 0 Å². The van der Waals surface area contributed by atoms with E-state index in [-0.39, 0.29) is 17.9 Å². The van der Waals surface area contributed by atoms with Crippen LogP contribution in [0, 0.1) is 6.92 Å². The molecular weight excluding hydrogens is 350 g/mol. The average Bonchev–Trinajstić information content (AvgIpc) is 2.98. The number of anilines is 1. The summed E-state index contributed by atoms with van der Waals surface area (Å²) in [6.45, 7) is 5.30. The van der Waals surface area contributed by atoms with Crippen LogP contribution in [0.1, 0.15) is 30.4 Å². The quantitative estimate of drug-likeness (QED) is 0.741. The summed E-state index contributed by atoms with van der Waals surface area (Å²) in [5.41, 5.74) is 3.19. The van der Waals surface area contributed by atoms with Gasteiger partial charge in [0.25, 0.3) is 5.91 Å². The van der Waals surface area contributed by atoms with Gasteiger partial charge >= 0.3 is 0 Å². The van der Waals surface area contributed by atoms with Crippen LogP contribution in [0.15, 0.2) is 54.6 Å². The maximum atomic E-state index is 12.8. The van der Waals surface area contributed by atoms with Crippen LogP contribution in [0.5, 0.6) is 0 Å². The number of rotatable bonds is 5. The Morgan fingerprint density at radius 2 is 1.68 bits per heavy atom. The molecule has 0 bridgehead atoms. The summed E-state index contributed by atoms with van der Waals surface area (Å²) in [5, 5.41) is 2.16. The summed E-state index contributed by atoms with van der Waals surface area (Å²) >= 11 is 0. The molecule has 5 heteroatoms. The lowest BCUT2D eigenvalue weighted by molar-refractivity contribution is -0.926. The third-order valence-electron chi connectivity index (χ3n) is 6.01. The number of benzene rings is 2. The van der Waals surface area contributed by atoms with Gasteiger partial charge in [-0.3, -0.25) is 9.59 Å². The number of hydrogen-bond acceptors (Lipinski definition) is 2. The molecule has 0 saturated carbocycles. The molecule has 2 saturated heterocycles. The number of imide groups is 1. The minimum Gasteiger partial charge on any atom is -0.333 e. The van der Waals surface area contributed by atoms with E-state index in [0.29, 0.717) is 18.2 Å². The molecule has 0 unspecified atom stereocenters. The van der Waals surface area contributed by atoms with Crippen molar-refractivity contribution >= 4 is 17.5 Å². The zero-order valence-corrected chi connectivity index (χ0v) is 16.4. The third kappa shape index (κ3) is 4.16. The molecule has 2 aliphatic heterocycles. The Hall–Kier alpha value is -2.50. The largest absolute Gasteiger partial charge is 0.333 e. The van der Waals surface area contributed by atoms with Crippen LogP contribution >= 0.6 is 0 Å². The summed E-state index contributed by atoms with van der Waals surface area (Å²) in [4.78, 5) is 28.3. The Bertz CT molecular complexity index is 827. The molecule has 1 atom stereocenters. The summed E-state index contributed by atoms with van der Waals surface area (Å²) in [7, 11) is 0. The average molecular weight is 380 g/mol. The maximum Gasteiger partial charge on any atom is 0.292 e. The topological polar surface area (TPSA) is 58.4 Å². The molecule has 0 aliphatic carbocycles. The number of carbonyl (C=O) groups is 2. The van der Waals surface area contributed by atoms with E-state index in [1.54, 1.807) is 4.90 Å².